The molecule has 144 valence electrons. The lowest BCUT2D eigenvalue weighted by molar-refractivity contribution is -0.118. The fourth-order valence-corrected chi connectivity index (χ4v) is 2.57. The molecular formula is C22H17N3O4. The first-order valence-corrected chi connectivity index (χ1v) is 8.88. The van der Waals surface area contributed by atoms with Crippen LogP contribution in [0.2, 0.25) is 0 Å². The zero-order valence-electron chi connectivity index (χ0n) is 15.3. The molecule has 7 heteroatoms. The van der Waals surface area contributed by atoms with E-state index in [0.717, 1.165) is 11.3 Å². The van der Waals surface area contributed by atoms with Crippen LogP contribution in [0.25, 0.3) is 11.5 Å². The predicted molar refractivity (Wildman–Crippen MR) is 107 cm³/mol. The minimum atomic E-state index is -0.261. The molecule has 4 aromatic rings. The molecule has 0 aliphatic heterocycles. The molecule has 0 aliphatic carbocycles. The summed E-state index contributed by atoms with van der Waals surface area (Å²) in [5.74, 6) is 2.17. The number of hydrogen-bond acceptors (Lipinski definition) is 6. The second-order valence-electron chi connectivity index (χ2n) is 6.04. The minimum Gasteiger partial charge on any atom is -0.484 e. The van der Waals surface area contributed by atoms with Crippen LogP contribution in [0.3, 0.4) is 0 Å². The number of nitrogens with one attached hydrogen (secondary N) is 1. The number of benzene rings is 3. The smallest absolute Gasteiger partial charge is 0.262 e. The maximum atomic E-state index is 12.1. The van der Waals surface area contributed by atoms with E-state index >= 15 is 0 Å². The van der Waals surface area contributed by atoms with E-state index in [-0.39, 0.29) is 12.5 Å². The summed E-state index contributed by atoms with van der Waals surface area (Å²) >= 11 is 0. The van der Waals surface area contributed by atoms with Crippen molar-refractivity contribution < 1.29 is 18.7 Å². The summed E-state index contributed by atoms with van der Waals surface area (Å²) < 4.78 is 16.4. The Labute approximate surface area is 166 Å². The van der Waals surface area contributed by atoms with E-state index < -0.39 is 0 Å². The molecule has 1 heterocycles. The molecular weight excluding hydrogens is 370 g/mol. The molecule has 0 bridgehead atoms. The van der Waals surface area contributed by atoms with Gasteiger partial charge in [-0.2, -0.15) is 0 Å². The van der Waals surface area contributed by atoms with E-state index in [0.29, 0.717) is 23.1 Å². The third-order valence-electron chi connectivity index (χ3n) is 3.95. The number of para-hydroxylation sites is 1. The van der Waals surface area contributed by atoms with E-state index in [4.69, 9.17) is 13.9 Å². The van der Waals surface area contributed by atoms with Crippen molar-refractivity contribution in [2.45, 2.75) is 0 Å². The van der Waals surface area contributed by atoms with Crippen LogP contribution in [0.5, 0.6) is 17.2 Å². The molecule has 0 atom stereocenters. The third-order valence-corrected chi connectivity index (χ3v) is 3.95. The summed E-state index contributed by atoms with van der Waals surface area (Å²) in [6.45, 7) is -0.109. The maximum absolute atomic E-state index is 12.1. The van der Waals surface area contributed by atoms with Gasteiger partial charge in [0.2, 0.25) is 12.3 Å². The van der Waals surface area contributed by atoms with Gasteiger partial charge in [-0.25, -0.2) is 0 Å². The highest BCUT2D eigenvalue weighted by Crippen LogP contribution is 2.23. The Morgan fingerprint density at radius 1 is 0.862 bits per heavy atom. The van der Waals surface area contributed by atoms with Gasteiger partial charge in [0.05, 0.1) is 0 Å². The number of anilines is 1. The largest absolute Gasteiger partial charge is 0.484 e. The normalized spacial score (nSPS) is 10.3. The molecule has 0 radical (unpaired) electrons. The molecule has 0 aliphatic rings. The van der Waals surface area contributed by atoms with E-state index in [1.807, 2.05) is 30.3 Å². The Balaban J connectivity index is 1.27. The van der Waals surface area contributed by atoms with Gasteiger partial charge in [0, 0.05) is 11.3 Å². The molecule has 0 spiro atoms. The van der Waals surface area contributed by atoms with E-state index in [1.54, 1.807) is 48.5 Å². The van der Waals surface area contributed by atoms with E-state index in [2.05, 4.69) is 15.5 Å². The number of ether oxygens (including phenoxy) is 2. The molecule has 7 nitrogen and oxygen atoms in total. The summed E-state index contributed by atoms with van der Waals surface area (Å²) in [7, 11) is 0. The van der Waals surface area contributed by atoms with E-state index in [9.17, 15) is 4.79 Å². The van der Waals surface area contributed by atoms with Gasteiger partial charge in [0.25, 0.3) is 5.91 Å². The van der Waals surface area contributed by atoms with Gasteiger partial charge >= 0.3 is 0 Å². The van der Waals surface area contributed by atoms with Crippen molar-refractivity contribution in [3.63, 3.8) is 0 Å². The summed E-state index contributed by atoms with van der Waals surface area (Å²) in [5.41, 5.74) is 1.43. The number of nitrogens with zero attached hydrogens (tertiary/aromatic N) is 2. The van der Waals surface area contributed by atoms with Gasteiger partial charge in [-0.3, -0.25) is 4.79 Å². The summed E-state index contributed by atoms with van der Waals surface area (Å²) in [6, 6.07) is 23.7. The Morgan fingerprint density at radius 2 is 1.55 bits per heavy atom. The zero-order chi connectivity index (χ0) is 19.9. The number of rotatable bonds is 7. The lowest BCUT2D eigenvalue weighted by atomic mass is 10.2. The highest BCUT2D eigenvalue weighted by atomic mass is 16.5. The Hall–Kier alpha value is -4.13. The number of aromatic nitrogens is 2. The van der Waals surface area contributed by atoms with Crippen LogP contribution in [0.15, 0.2) is 89.7 Å². The van der Waals surface area contributed by atoms with Crippen molar-refractivity contribution in [3.8, 4) is 28.7 Å². The molecule has 0 saturated heterocycles. The SMILES string of the molecule is O=C(COc1ccc(-c2nnco2)cc1)Nc1ccc(Oc2ccccc2)cc1. The zero-order valence-corrected chi connectivity index (χ0v) is 15.3. The molecule has 0 saturated carbocycles. The lowest BCUT2D eigenvalue weighted by Crippen LogP contribution is -2.20. The average molecular weight is 387 g/mol. The lowest BCUT2D eigenvalue weighted by Gasteiger charge is -2.09. The number of carbonyl (C=O) groups excluding carboxylic acids is 1. The fourth-order valence-electron chi connectivity index (χ4n) is 2.57. The first-order valence-electron chi connectivity index (χ1n) is 8.88. The van der Waals surface area contributed by atoms with Gasteiger partial charge in [0.1, 0.15) is 17.2 Å². The molecule has 4 rings (SSSR count). The van der Waals surface area contributed by atoms with Crippen LogP contribution in [-0.4, -0.2) is 22.7 Å². The van der Waals surface area contributed by atoms with Crippen LogP contribution < -0.4 is 14.8 Å². The van der Waals surface area contributed by atoms with Crippen molar-refractivity contribution in [2.75, 3.05) is 11.9 Å². The van der Waals surface area contributed by atoms with Gasteiger partial charge in [-0.1, -0.05) is 18.2 Å². The maximum Gasteiger partial charge on any atom is 0.262 e. The molecule has 1 aromatic heterocycles. The first kappa shape index (κ1) is 18.2. The monoisotopic (exact) mass is 387 g/mol. The summed E-state index contributed by atoms with van der Waals surface area (Å²) in [5, 5.41) is 10.3. The van der Waals surface area contributed by atoms with Crippen molar-refractivity contribution in [1.82, 2.24) is 10.2 Å². The fraction of sp³-hybridized carbons (Fsp3) is 0.0455. The standard InChI is InChI=1S/C22H17N3O4/c26-21(14-27-18-10-6-16(7-11-18)22-25-23-15-28-22)24-17-8-12-20(13-9-17)29-19-4-2-1-3-5-19/h1-13,15H,14H2,(H,24,26). The Bertz CT molecular complexity index is 1050. The van der Waals surface area contributed by atoms with E-state index in [1.165, 1.54) is 6.39 Å². The van der Waals surface area contributed by atoms with Gasteiger partial charge < -0.3 is 19.2 Å². The summed E-state index contributed by atoms with van der Waals surface area (Å²) in [4.78, 5) is 12.1. The number of amides is 1. The van der Waals surface area contributed by atoms with Crippen LogP contribution >= 0.6 is 0 Å². The second kappa shape index (κ2) is 8.71. The molecule has 1 amide bonds. The molecule has 1 N–H and O–H groups in total. The van der Waals surface area contributed by atoms with Crippen LogP contribution in [-0.2, 0) is 4.79 Å². The van der Waals surface area contributed by atoms with Gasteiger partial charge in [-0.05, 0) is 60.7 Å². The Kier molecular flexibility index (Phi) is 5.48. The van der Waals surface area contributed by atoms with Crippen LogP contribution in [0, 0.1) is 0 Å². The van der Waals surface area contributed by atoms with Crippen LogP contribution in [0.4, 0.5) is 5.69 Å². The van der Waals surface area contributed by atoms with Crippen molar-refractivity contribution in [3.05, 3.63) is 85.3 Å². The molecule has 0 unspecified atom stereocenters. The van der Waals surface area contributed by atoms with Crippen molar-refractivity contribution in [2.24, 2.45) is 0 Å². The predicted octanol–water partition coefficient (Wildman–Crippen LogP) is 4.55. The quantitative estimate of drug-likeness (QED) is 0.501. The van der Waals surface area contributed by atoms with Crippen molar-refractivity contribution in [1.29, 1.82) is 0 Å². The number of carbonyl (C=O) groups is 1. The Morgan fingerprint density at radius 3 is 2.24 bits per heavy atom. The van der Waals surface area contributed by atoms with Crippen molar-refractivity contribution >= 4 is 11.6 Å². The average Bonchev–Trinajstić information content (AvgIpc) is 3.30. The second-order valence-corrected chi connectivity index (χ2v) is 6.04. The van der Waals surface area contributed by atoms with Crippen LogP contribution in [0.1, 0.15) is 0 Å². The topological polar surface area (TPSA) is 86.5 Å². The minimum absolute atomic E-state index is 0.109. The molecule has 3 aromatic carbocycles. The van der Waals surface area contributed by atoms with Gasteiger partial charge in [-0.15, -0.1) is 10.2 Å². The van der Waals surface area contributed by atoms with Gasteiger partial charge in [0.15, 0.2) is 6.61 Å². The molecule has 0 fully saturated rings. The highest BCUT2D eigenvalue weighted by molar-refractivity contribution is 5.91. The third kappa shape index (κ3) is 4.98. The number of hydrogen-bond donors (Lipinski definition) is 1. The summed E-state index contributed by atoms with van der Waals surface area (Å²) in [6.07, 6.45) is 1.27. The molecule has 29 heavy (non-hydrogen) atoms. The first-order chi connectivity index (χ1) is 14.3. The highest BCUT2D eigenvalue weighted by Gasteiger charge is 2.07.